The molecular weight excluding hydrogens is 218 g/mol. The average Bonchev–Trinajstić information content (AvgIpc) is 2.31. The third-order valence-corrected chi connectivity index (χ3v) is 4.54. The minimum absolute atomic E-state index is 0.657. The van der Waals surface area contributed by atoms with Crippen molar-refractivity contribution >= 4 is 0 Å². The Morgan fingerprint density at radius 2 is 1.50 bits per heavy atom. The molecule has 0 heterocycles. The van der Waals surface area contributed by atoms with Gasteiger partial charge >= 0.3 is 0 Å². The largest absolute Gasteiger partial charge is 0.314 e. The van der Waals surface area contributed by atoms with Crippen LogP contribution in [0.15, 0.2) is 0 Å². The lowest BCUT2D eigenvalue weighted by atomic mass is 9.71. The highest BCUT2D eigenvalue weighted by atomic mass is 14.9. The highest BCUT2D eigenvalue weighted by Crippen LogP contribution is 2.37. The Morgan fingerprint density at radius 3 is 2.06 bits per heavy atom. The van der Waals surface area contributed by atoms with Crippen molar-refractivity contribution in [3.05, 3.63) is 0 Å². The summed E-state index contributed by atoms with van der Waals surface area (Å²) < 4.78 is 0. The zero-order chi connectivity index (χ0) is 13.2. The molecule has 0 bridgehead atoms. The molecule has 1 fully saturated rings. The van der Waals surface area contributed by atoms with E-state index >= 15 is 0 Å². The maximum atomic E-state index is 3.60. The molecule has 0 radical (unpaired) electrons. The molecule has 108 valence electrons. The summed E-state index contributed by atoms with van der Waals surface area (Å²) in [6.07, 6.45) is 14.6. The molecule has 1 heteroatoms. The summed E-state index contributed by atoms with van der Waals surface area (Å²) in [5.74, 6) is 2.04. The molecule has 0 spiro atoms. The van der Waals surface area contributed by atoms with Crippen LogP contribution < -0.4 is 5.32 Å². The van der Waals surface area contributed by atoms with E-state index in [1.807, 2.05) is 0 Å². The second-order valence-corrected chi connectivity index (χ2v) is 6.57. The minimum atomic E-state index is 0.657. The Bertz CT molecular complexity index is 188. The molecule has 1 nitrogen and oxygen atoms in total. The minimum Gasteiger partial charge on any atom is -0.314 e. The zero-order valence-electron chi connectivity index (χ0n) is 13.0. The molecule has 1 aliphatic carbocycles. The van der Waals surface area contributed by atoms with Gasteiger partial charge in [0.05, 0.1) is 0 Å². The Kier molecular flexibility index (Phi) is 8.75. The summed E-state index contributed by atoms with van der Waals surface area (Å²) in [5, 5.41) is 3.60. The third-order valence-electron chi connectivity index (χ3n) is 4.54. The molecule has 1 aliphatic rings. The summed E-state index contributed by atoms with van der Waals surface area (Å²) in [7, 11) is 0. The molecule has 1 rings (SSSR count). The van der Waals surface area contributed by atoms with Crippen LogP contribution in [-0.4, -0.2) is 12.6 Å². The fourth-order valence-corrected chi connectivity index (χ4v) is 3.04. The van der Waals surface area contributed by atoms with Gasteiger partial charge in [-0.05, 0) is 31.2 Å². The fourth-order valence-electron chi connectivity index (χ4n) is 3.04. The smallest absolute Gasteiger partial charge is 0.00104 e. The quantitative estimate of drug-likeness (QED) is 0.502. The number of unbranched alkanes of at least 4 members (excludes halogenated alkanes) is 6. The monoisotopic (exact) mass is 253 g/mol. The van der Waals surface area contributed by atoms with Crippen LogP contribution >= 0.6 is 0 Å². The average molecular weight is 253 g/mol. The van der Waals surface area contributed by atoms with Gasteiger partial charge in [-0.3, -0.25) is 0 Å². The first kappa shape index (κ1) is 16.0. The van der Waals surface area contributed by atoms with Crippen molar-refractivity contribution in [2.24, 2.45) is 11.8 Å². The van der Waals surface area contributed by atoms with Gasteiger partial charge in [0, 0.05) is 6.04 Å². The van der Waals surface area contributed by atoms with Crippen molar-refractivity contribution < 1.29 is 0 Å². The van der Waals surface area contributed by atoms with E-state index in [1.54, 1.807) is 0 Å². The second kappa shape index (κ2) is 9.83. The summed E-state index contributed by atoms with van der Waals surface area (Å²) in [5.41, 5.74) is 0. The Hall–Kier alpha value is -0.0400. The van der Waals surface area contributed by atoms with Crippen molar-refractivity contribution in [3.63, 3.8) is 0 Å². The van der Waals surface area contributed by atoms with E-state index in [2.05, 4.69) is 26.1 Å². The molecule has 1 N–H and O–H groups in total. The van der Waals surface area contributed by atoms with Gasteiger partial charge in [-0.15, -0.1) is 0 Å². The predicted molar refractivity (Wildman–Crippen MR) is 82.0 cm³/mol. The number of hydrogen-bond acceptors (Lipinski definition) is 1. The van der Waals surface area contributed by atoms with Crippen molar-refractivity contribution in [2.75, 3.05) is 6.54 Å². The van der Waals surface area contributed by atoms with Crippen molar-refractivity contribution in [1.29, 1.82) is 0 Å². The number of rotatable bonds is 11. The van der Waals surface area contributed by atoms with E-state index in [4.69, 9.17) is 0 Å². The van der Waals surface area contributed by atoms with Crippen LogP contribution in [0.1, 0.15) is 85.0 Å². The Balaban J connectivity index is 1.89. The van der Waals surface area contributed by atoms with Crippen LogP contribution in [0.25, 0.3) is 0 Å². The third kappa shape index (κ3) is 6.78. The summed E-state index contributed by atoms with van der Waals surface area (Å²) in [6, 6.07) is 0.657. The zero-order valence-corrected chi connectivity index (χ0v) is 13.0. The van der Waals surface area contributed by atoms with E-state index in [-0.39, 0.29) is 0 Å². The van der Waals surface area contributed by atoms with Crippen LogP contribution in [0.4, 0.5) is 0 Å². The van der Waals surface area contributed by atoms with E-state index in [0.717, 1.165) is 11.8 Å². The van der Waals surface area contributed by atoms with E-state index in [9.17, 15) is 0 Å². The SMILES string of the molecule is CCCCCCCCCC1CCC1CNC(C)C. The fraction of sp³-hybridized carbons (Fsp3) is 1.00. The van der Waals surface area contributed by atoms with Crippen LogP contribution in [-0.2, 0) is 0 Å². The predicted octanol–water partition coefficient (Wildman–Crippen LogP) is 5.15. The molecule has 0 amide bonds. The van der Waals surface area contributed by atoms with Crippen LogP contribution in [0.5, 0.6) is 0 Å². The first-order valence-corrected chi connectivity index (χ1v) is 8.47. The van der Waals surface area contributed by atoms with Crippen molar-refractivity contribution in [1.82, 2.24) is 5.32 Å². The standard InChI is InChI=1S/C17H35N/c1-4-5-6-7-8-9-10-11-16-12-13-17(16)14-18-15(2)3/h15-18H,4-14H2,1-3H3. The van der Waals surface area contributed by atoms with Crippen LogP contribution in [0.2, 0.25) is 0 Å². The first-order chi connectivity index (χ1) is 8.74. The lowest BCUT2D eigenvalue weighted by Gasteiger charge is -2.37. The Labute approximate surface area is 115 Å². The maximum Gasteiger partial charge on any atom is 0.00104 e. The van der Waals surface area contributed by atoms with Gasteiger partial charge in [0.1, 0.15) is 0 Å². The normalized spacial score (nSPS) is 23.3. The van der Waals surface area contributed by atoms with E-state index < -0.39 is 0 Å². The molecule has 0 aromatic rings. The number of nitrogens with one attached hydrogen (secondary N) is 1. The lowest BCUT2D eigenvalue weighted by Crippen LogP contribution is -2.37. The summed E-state index contributed by atoms with van der Waals surface area (Å²) in [6.45, 7) is 8.06. The molecule has 2 atom stereocenters. The highest BCUT2D eigenvalue weighted by molar-refractivity contribution is 4.82. The second-order valence-electron chi connectivity index (χ2n) is 6.57. The van der Waals surface area contributed by atoms with Gasteiger partial charge in [-0.2, -0.15) is 0 Å². The highest BCUT2D eigenvalue weighted by Gasteiger charge is 2.29. The van der Waals surface area contributed by atoms with Gasteiger partial charge < -0.3 is 5.32 Å². The first-order valence-electron chi connectivity index (χ1n) is 8.47. The van der Waals surface area contributed by atoms with Gasteiger partial charge in [0.25, 0.3) is 0 Å². The molecule has 18 heavy (non-hydrogen) atoms. The summed E-state index contributed by atoms with van der Waals surface area (Å²) in [4.78, 5) is 0. The topological polar surface area (TPSA) is 12.0 Å². The maximum absolute atomic E-state index is 3.60. The molecule has 1 saturated carbocycles. The van der Waals surface area contributed by atoms with Crippen LogP contribution in [0.3, 0.4) is 0 Å². The van der Waals surface area contributed by atoms with Gasteiger partial charge in [0.2, 0.25) is 0 Å². The van der Waals surface area contributed by atoms with E-state index in [1.165, 1.54) is 70.8 Å². The lowest BCUT2D eigenvalue weighted by molar-refractivity contribution is 0.153. The number of hydrogen-bond donors (Lipinski definition) is 1. The molecule has 0 saturated heterocycles. The van der Waals surface area contributed by atoms with Gasteiger partial charge in [0.15, 0.2) is 0 Å². The van der Waals surface area contributed by atoms with Crippen LogP contribution in [0, 0.1) is 11.8 Å². The van der Waals surface area contributed by atoms with Gasteiger partial charge in [-0.1, -0.05) is 72.1 Å². The Morgan fingerprint density at radius 1 is 0.889 bits per heavy atom. The van der Waals surface area contributed by atoms with Gasteiger partial charge in [-0.25, -0.2) is 0 Å². The van der Waals surface area contributed by atoms with Crippen molar-refractivity contribution in [2.45, 2.75) is 91.0 Å². The molecule has 0 aromatic carbocycles. The molecular formula is C17H35N. The van der Waals surface area contributed by atoms with E-state index in [0.29, 0.717) is 6.04 Å². The molecule has 0 aliphatic heterocycles. The van der Waals surface area contributed by atoms with Crippen molar-refractivity contribution in [3.8, 4) is 0 Å². The molecule has 0 aromatic heterocycles. The summed E-state index contributed by atoms with van der Waals surface area (Å²) >= 11 is 0. The molecule has 2 unspecified atom stereocenters.